The van der Waals surface area contributed by atoms with Crippen LogP contribution in [0.15, 0.2) is 42.6 Å². The lowest BCUT2D eigenvalue weighted by Crippen LogP contribution is -2.28. The van der Waals surface area contributed by atoms with Gasteiger partial charge in [-0.05, 0) is 29.8 Å². The summed E-state index contributed by atoms with van der Waals surface area (Å²) in [4.78, 5) is 43.3. The summed E-state index contributed by atoms with van der Waals surface area (Å²) >= 11 is 1.42. The van der Waals surface area contributed by atoms with Gasteiger partial charge in [0.15, 0.2) is 0 Å². The Balaban J connectivity index is 1.32. The SMILES string of the molecule is CN1C(=O)CC(S[C@@H]2CC(=O)N(Cc3ccc(Oc4ccc(F)cc4)nc3)C2)C1=O. The normalized spacial score (nSPS) is 21.6. The third kappa shape index (κ3) is 4.46. The summed E-state index contributed by atoms with van der Waals surface area (Å²) in [7, 11) is 1.49. The van der Waals surface area contributed by atoms with Crippen LogP contribution in [0.3, 0.4) is 0 Å². The molecule has 3 heterocycles. The molecule has 0 bridgehead atoms. The van der Waals surface area contributed by atoms with Crippen LogP contribution < -0.4 is 4.74 Å². The molecule has 4 rings (SSSR count). The fourth-order valence-corrected chi connectivity index (χ4v) is 4.93. The fraction of sp³-hybridized carbons (Fsp3) is 0.333. The third-order valence-electron chi connectivity index (χ3n) is 5.08. The lowest BCUT2D eigenvalue weighted by atomic mass is 10.2. The maximum atomic E-state index is 13.0. The zero-order chi connectivity index (χ0) is 21.3. The van der Waals surface area contributed by atoms with Crippen molar-refractivity contribution in [3.05, 3.63) is 54.0 Å². The smallest absolute Gasteiger partial charge is 0.242 e. The van der Waals surface area contributed by atoms with Gasteiger partial charge in [-0.25, -0.2) is 9.37 Å². The number of hydrogen-bond acceptors (Lipinski definition) is 6. The number of halogens is 1. The largest absolute Gasteiger partial charge is 0.439 e. The predicted molar refractivity (Wildman–Crippen MR) is 108 cm³/mol. The van der Waals surface area contributed by atoms with Crippen molar-refractivity contribution in [2.24, 2.45) is 0 Å². The van der Waals surface area contributed by atoms with Crippen molar-refractivity contribution in [1.82, 2.24) is 14.8 Å². The average molecular weight is 429 g/mol. The number of hydrogen-bond donors (Lipinski definition) is 0. The van der Waals surface area contributed by atoms with Gasteiger partial charge < -0.3 is 9.64 Å². The van der Waals surface area contributed by atoms with Gasteiger partial charge in [-0.3, -0.25) is 19.3 Å². The Morgan fingerprint density at radius 2 is 1.87 bits per heavy atom. The topological polar surface area (TPSA) is 79.8 Å². The molecule has 0 radical (unpaired) electrons. The number of carbonyl (C=O) groups is 3. The molecule has 0 spiro atoms. The minimum atomic E-state index is -0.398. The summed E-state index contributed by atoms with van der Waals surface area (Å²) in [5, 5.41) is -0.412. The molecule has 7 nitrogen and oxygen atoms in total. The molecule has 3 amide bonds. The third-order valence-corrected chi connectivity index (χ3v) is 6.48. The highest BCUT2D eigenvalue weighted by Gasteiger charge is 2.40. The highest BCUT2D eigenvalue weighted by Crippen LogP contribution is 2.33. The Hall–Kier alpha value is -2.94. The van der Waals surface area contributed by atoms with Crippen molar-refractivity contribution >= 4 is 29.5 Å². The van der Waals surface area contributed by atoms with Gasteiger partial charge in [-0.15, -0.1) is 11.8 Å². The second-order valence-corrected chi connectivity index (χ2v) is 8.79. The van der Waals surface area contributed by atoms with E-state index in [4.69, 9.17) is 4.74 Å². The number of aromatic nitrogens is 1. The predicted octanol–water partition coefficient (Wildman–Crippen LogP) is 2.60. The van der Waals surface area contributed by atoms with Gasteiger partial charge in [0.1, 0.15) is 11.6 Å². The van der Waals surface area contributed by atoms with E-state index in [-0.39, 0.29) is 35.2 Å². The molecule has 0 N–H and O–H groups in total. The van der Waals surface area contributed by atoms with Crippen molar-refractivity contribution < 1.29 is 23.5 Å². The molecule has 0 aliphatic carbocycles. The molecule has 9 heteroatoms. The molecule has 2 aliphatic heterocycles. The number of benzene rings is 1. The molecule has 1 aromatic heterocycles. The first-order valence-corrected chi connectivity index (χ1v) is 10.5. The van der Waals surface area contributed by atoms with Crippen LogP contribution in [0.4, 0.5) is 4.39 Å². The number of ether oxygens (including phenoxy) is 1. The van der Waals surface area contributed by atoms with Gasteiger partial charge in [0.25, 0.3) is 0 Å². The van der Waals surface area contributed by atoms with Crippen molar-refractivity contribution in [2.45, 2.75) is 29.9 Å². The van der Waals surface area contributed by atoms with Crippen LogP contribution in [-0.2, 0) is 20.9 Å². The molecule has 2 aromatic rings. The molecule has 1 aromatic carbocycles. The maximum absolute atomic E-state index is 13.0. The number of likely N-dealkylation sites (tertiary alicyclic amines) is 2. The molecule has 156 valence electrons. The number of imide groups is 1. The monoisotopic (exact) mass is 429 g/mol. The molecule has 30 heavy (non-hydrogen) atoms. The van der Waals surface area contributed by atoms with Gasteiger partial charge in [0, 0.05) is 50.5 Å². The zero-order valence-electron chi connectivity index (χ0n) is 16.3. The van der Waals surface area contributed by atoms with E-state index in [9.17, 15) is 18.8 Å². The van der Waals surface area contributed by atoms with Crippen LogP contribution >= 0.6 is 11.8 Å². The van der Waals surface area contributed by atoms with E-state index >= 15 is 0 Å². The fourth-order valence-electron chi connectivity index (χ4n) is 3.45. The number of thioether (sulfide) groups is 1. The first-order chi connectivity index (χ1) is 14.4. The van der Waals surface area contributed by atoms with Gasteiger partial charge in [-0.2, -0.15) is 0 Å². The number of carbonyl (C=O) groups excluding carboxylic acids is 3. The summed E-state index contributed by atoms with van der Waals surface area (Å²) in [6, 6.07) is 9.18. The van der Waals surface area contributed by atoms with E-state index in [1.54, 1.807) is 17.2 Å². The molecule has 2 atom stereocenters. The Morgan fingerprint density at radius 1 is 1.10 bits per heavy atom. The Bertz CT molecular complexity index is 967. The first-order valence-electron chi connectivity index (χ1n) is 9.51. The quantitative estimate of drug-likeness (QED) is 0.657. The molecular formula is C21H20FN3O4S. The zero-order valence-corrected chi connectivity index (χ0v) is 17.1. The molecule has 0 saturated carbocycles. The molecular weight excluding hydrogens is 409 g/mol. The first kappa shape index (κ1) is 20.3. The summed E-state index contributed by atoms with van der Waals surface area (Å²) in [5.74, 6) is 0.180. The van der Waals surface area contributed by atoms with E-state index in [0.29, 0.717) is 31.1 Å². The maximum Gasteiger partial charge on any atom is 0.242 e. The molecule has 2 aliphatic rings. The average Bonchev–Trinajstić information content (AvgIpc) is 3.19. The summed E-state index contributed by atoms with van der Waals surface area (Å²) < 4.78 is 18.5. The lowest BCUT2D eigenvalue weighted by molar-refractivity contribution is -0.136. The van der Waals surface area contributed by atoms with E-state index < -0.39 is 5.25 Å². The highest BCUT2D eigenvalue weighted by molar-refractivity contribution is 8.01. The van der Waals surface area contributed by atoms with Crippen LogP contribution in [0, 0.1) is 5.82 Å². The second-order valence-electron chi connectivity index (χ2n) is 7.28. The highest BCUT2D eigenvalue weighted by atomic mass is 32.2. The second kappa shape index (κ2) is 8.43. The van der Waals surface area contributed by atoms with Gasteiger partial charge in [0.2, 0.25) is 23.6 Å². The van der Waals surface area contributed by atoms with E-state index in [1.807, 2.05) is 6.07 Å². The van der Waals surface area contributed by atoms with Crippen molar-refractivity contribution in [2.75, 3.05) is 13.6 Å². The van der Waals surface area contributed by atoms with E-state index in [0.717, 1.165) is 10.5 Å². The summed E-state index contributed by atoms with van der Waals surface area (Å²) in [6.45, 7) is 0.941. The molecule has 2 fully saturated rings. The number of pyridine rings is 1. The molecule has 2 saturated heterocycles. The number of rotatable bonds is 6. The summed E-state index contributed by atoms with van der Waals surface area (Å²) in [5.41, 5.74) is 0.854. The van der Waals surface area contributed by atoms with Crippen LogP contribution in [-0.4, -0.2) is 56.6 Å². The summed E-state index contributed by atoms with van der Waals surface area (Å²) in [6.07, 6.45) is 2.19. The number of amides is 3. The lowest BCUT2D eigenvalue weighted by Gasteiger charge is -2.17. The Labute approximate surface area is 177 Å². The Morgan fingerprint density at radius 3 is 2.50 bits per heavy atom. The molecule has 1 unspecified atom stereocenters. The Kier molecular flexibility index (Phi) is 5.72. The van der Waals surface area contributed by atoms with Crippen LogP contribution in [0.1, 0.15) is 18.4 Å². The van der Waals surface area contributed by atoms with Crippen molar-refractivity contribution in [1.29, 1.82) is 0 Å². The van der Waals surface area contributed by atoms with Crippen LogP contribution in [0.2, 0.25) is 0 Å². The van der Waals surface area contributed by atoms with Crippen molar-refractivity contribution in [3.63, 3.8) is 0 Å². The van der Waals surface area contributed by atoms with Gasteiger partial charge in [-0.1, -0.05) is 6.07 Å². The minimum Gasteiger partial charge on any atom is -0.439 e. The minimum absolute atomic E-state index is 0.0141. The van der Waals surface area contributed by atoms with E-state index in [1.165, 1.54) is 43.1 Å². The number of nitrogens with zero attached hydrogens (tertiary/aromatic N) is 3. The van der Waals surface area contributed by atoms with Crippen molar-refractivity contribution in [3.8, 4) is 11.6 Å². The van der Waals surface area contributed by atoms with Crippen LogP contribution in [0.25, 0.3) is 0 Å². The van der Waals surface area contributed by atoms with E-state index in [2.05, 4.69) is 4.98 Å². The van der Waals surface area contributed by atoms with Crippen LogP contribution in [0.5, 0.6) is 11.6 Å². The van der Waals surface area contributed by atoms with Gasteiger partial charge in [0.05, 0.1) is 5.25 Å². The van der Waals surface area contributed by atoms with Gasteiger partial charge >= 0.3 is 0 Å². The standard InChI is InChI=1S/C21H20FN3O4S/c1-24-19(26)9-17(21(24)28)30-16-8-20(27)25(12-16)11-13-2-7-18(23-10-13)29-15-5-3-14(22)4-6-15/h2-7,10,16-17H,8-9,11-12H2,1H3/t16-,17?/m1/s1.